The molecule has 0 aromatic heterocycles. The highest BCUT2D eigenvalue weighted by molar-refractivity contribution is 9.11. The molecule has 0 bridgehead atoms. The van der Waals surface area contributed by atoms with E-state index in [0.717, 1.165) is 0 Å². The van der Waals surface area contributed by atoms with Crippen LogP contribution in [0.3, 0.4) is 0 Å². The number of hydrogen-bond donors (Lipinski definition) is 2. The number of nitrogens with zero attached hydrogens (tertiary/aromatic N) is 1. The predicted octanol–water partition coefficient (Wildman–Crippen LogP) is 1.69. The van der Waals surface area contributed by atoms with Crippen molar-refractivity contribution in [2.45, 2.75) is 6.10 Å². The second kappa shape index (κ2) is 6.21. The highest BCUT2D eigenvalue weighted by Gasteiger charge is 2.26. The van der Waals surface area contributed by atoms with E-state index in [0.29, 0.717) is 46.5 Å². The van der Waals surface area contributed by atoms with Gasteiger partial charge in [-0.05, 0) is 49.6 Å². The fourth-order valence-corrected chi connectivity index (χ4v) is 3.08. The Morgan fingerprint density at radius 1 is 1.32 bits per heavy atom. The monoisotopic (exact) mass is 392 g/mol. The summed E-state index contributed by atoms with van der Waals surface area (Å²) in [5.41, 5.74) is 6.82. The summed E-state index contributed by atoms with van der Waals surface area (Å²) in [6.45, 7) is 2.03. The molecule has 7 heteroatoms. The smallest absolute Gasteiger partial charge is 0.256 e. The van der Waals surface area contributed by atoms with E-state index in [-0.39, 0.29) is 5.91 Å². The number of benzene rings is 1. The number of carbonyl (C=O) groups is 1. The van der Waals surface area contributed by atoms with Gasteiger partial charge in [0.05, 0.1) is 18.9 Å². The standard InChI is InChI=1S/C12H14Br2N2O3/c13-8-5-7(6-9(14)10(8)15)11(17)12(18)16-1-3-19-4-2-16/h5-6,11,17H,1-4,15H2. The van der Waals surface area contributed by atoms with Gasteiger partial charge in [-0.25, -0.2) is 0 Å². The van der Waals surface area contributed by atoms with E-state index >= 15 is 0 Å². The molecule has 0 aliphatic carbocycles. The summed E-state index contributed by atoms with van der Waals surface area (Å²) in [5.74, 6) is -0.313. The van der Waals surface area contributed by atoms with E-state index in [1.165, 1.54) is 0 Å². The van der Waals surface area contributed by atoms with Crippen LogP contribution < -0.4 is 5.73 Å². The topological polar surface area (TPSA) is 75.8 Å². The average Bonchev–Trinajstić information content (AvgIpc) is 2.43. The van der Waals surface area contributed by atoms with E-state index < -0.39 is 6.10 Å². The summed E-state index contributed by atoms with van der Waals surface area (Å²) < 4.78 is 6.47. The number of aliphatic hydroxyl groups excluding tert-OH is 1. The molecule has 2 rings (SSSR count). The first-order valence-corrected chi connectivity index (χ1v) is 7.38. The number of nitrogen functional groups attached to an aromatic ring is 1. The van der Waals surface area contributed by atoms with E-state index in [1.807, 2.05) is 0 Å². The summed E-state index contributed by atoms with van der Waals surface area (Å²) in [4.78, 5) is 13.8. The van der Waals surface area contributed by atoms with Gasteiger partial charge in [0.1, 0.15) is 0 Å². The molecule has 1 unspecified atom stereocenters. The van der Waals surface area contributed by atoms with E-state index in [2.05, 4.69) is 31.9 Å². The molecule has 19 heavy (non-hydrogen) atoms. The lowest BCUT2D eigenvalue weighted by Gasteiger charge is -2.29. The van der Waals surface area contributed by atoms with Gasteiger partial charge in [0, 0.05) is 22.0 Å². The molecule has 0 spiro atoms. The van der Waals surface area contributed by atoms with E-state index in [1.54, 1.807) is 17.0 Å². The fourth-order valence-electron chi connectivity index (χ4n) is 1.86. The van der Waals surface area contributed by atoms with Crippen molar-refractivity contribution in [3.63, 3.8) is 0 Å². The van der Waals surface area contributed by atoms with Gasteiger partial charge >= 0.3 is 0 Å². The summed E-state index contributed by atoms with van der Waals surface area (Å²) >= 11 is 6.60. The third kappa shape index (κ3) is 3.28. The van der Waals surface area contributed by atoms with Crippen LogP contribution in [0.5, 0.6) is 0 Å². The van der Waals surface area contributed by atoms with Crippen LogP contribution in [-0.4, -0.2) is 42.2 Å². The highest BCUT2D eigenvalue weighted by atomic mass is 79.9. The van der Waals surface area contributed by atoms with Gasteiger partial charge in [0.25, 0.3) is 5.91 Å². The molecule has 0 saturated carbocycles. The maximum Gasteiger partial charge on any atom is 0.256 e. The first-order chi connectivity index (χ1) is 9.00. The van der Waals surface area contributed by atoms with Crippen molar-refractivity contribution in [3.8, 4) is 0 Å². The van der Waals surface area contributed by atoms with Gasteiger partial charge in [0.15, 0.2) is 6.10 Å². The van der Waals surface area contributed by atoms with Crippen molar-refractivity contribution in [3.05, 3.63) is 26.6 Å². The molecule has 1 amide bonds. The minimum atomic E-state index is -1.19. The lowest BCUT2D eigenvalue weighted by molar-refractivity contribution is -0.144. The number of aliphatic hydroxyl groups is 1. The lowest BCUT2D eigenvalue weighted by Crippen LogP contribution is -2.43. The number of hydrogen-bond acceptors (Lipinski definition) is 4. The Hall–Kier alpha value is -0.630. The number of anilines is 1. The van der Waals surface area contributed by atoms with Gasteiger partial charge in [-0.3, -0.25) is 4.79 Å². The van der Waals surface area contributed by atoms with Crippen LogP contribution >= 0.6 is 31.9 Å². The van der Waals surface area contributed by atoms with Gasteiger partial charge in [-0.15, -0.1) is 0 Å². The number of halogens is 2. The minimum absolute atomic E-state index is 0.313. The van der Waals surface area contributed by atoms with Crippen LogP contribution in [0.4, 0.5) is 5.69 Å². The first-order valence-electron chi connectivity index (χ1n) is 5.79. The van der Waals surface area contributed by atoms with Crippen molar-refractivity contribution >= 4 is 43.5 Å². The second-order valence-electron chi connectivity index (χ2n) is 4.24. The fraction of sp³-hybridized carbons (Fsp3) is 0.417. The molecule has 1 aromatic rings. The maximum absolute atomic E-state index is 12.2. The van der Waals surface area contributed by atoms with Crippen molar-refractivity contribution in [1.29, 1.82) is 0 Å². The van der Waals surface area contributed by atoms with E-state index in [9.17, 15) is 9.90 Å². The third-order valence-corrected chi connectivity index (χ3v) is 4.29. The molecule has 1 saturated heterocycles. The van der Waals surface area contributed by atoms with Crippen LogP contribution in [0.15, 0.2) is 21.1 Å². The number of nitrogens with two attached hydrogens (primary N) is 1. The number of morpholine rings is 1. The van der Waals surface area contributed by atoms with Gasteiger partial charge in [0.2, 0.25) is 0 Å². The van der Waals surface area contributed by atoms with Crippen molar-refractivity contribution < 1.29 is 14.6 Å². The number of rotatable bonds is 2. The van der Waals surface area contributed by atoms with Crippen molar-refractivity contribution in [2.24, 2.45) is 0 Å². The molecule has 0 radical (unpaired) electrons. The average molecular weight is 394 g/mol. The van der Waals surface area contributed by atoms with Gasteiger partial charge < -0.3 is 20.5 Å². The Kier molecular flexibility index (Phi) is 4.83. The second-order valence-corrected chi connectivity index (χ2v) is 5.95. The molecule has 1 fully saturated rings. The van der Waals surface area contributed by atoms with E-state index in [4.69, 9.17) is 10.5 Å². The van der Waals surface area contributed by atoms with Crippen LogP contribution in [0.1, 0.15) is 11.7 Å². The van der Waals surface area contributed by atoms with Crippen LogP contribution in [0.2, 0.25) is 0 Å². The first kappa shape index (κ1) is 14.8. The summed E-state index contributed by atoms with van der Waals surface area (Å²) in [5, 5.41) is 10.2. The largest absolute Gasteiger partial charge is 0.397 e. The number of ether oxygens (including phenoxy) is 1. The van der Waals surface area contributed by atoms with Gasteiger partial charge in [-0.2, -0.15) is 0 Å². The molecular weight excluding hydrogens is 380 g/mol. The molecule has 1 aliphatic heterocycles. The van der Waals surface area contributed by atoms with Gasteiger partial charge in [-0.1, -0.05) is 0 Å². The summed E-state index contributed by atoms with van der Waals surface area (Å²) in [7, 11) is 0. The zero-order valence-electron chi connectivity index (χ0n) is 10.1. The number of carbonyl (C=O) groups excluding carboxylic acids is 1. The maximum atomic E-state index is 12.2. The Labute approximate surface area is 128 Å². The predicted molar refractivity (Wildman–Crippen MR) is 78.6 cm³/mol. The molecule has 1 aliphatic rings. The molecule has 5 nitrogen and oxygen atoms in total. The molecule has 1 atom stereocenters. The Balaban J connectivity index is 2.18. The normalized spacial score (nSPS) is 17.3. The SMILES string of the molecule is Nc1c(Br)cc(C(O)C(=O)N2CCOCC2)cc1Br. The summed E-state index contributed by atoms with van der Waals surface area (Å²) in [6, 6.07) is 3.31. The zero-order chi connectivity index (χ0) is 14.0. The zero-order valence-corrected chi connectivity index (χ0v) is 13.3. The van der Waals surface area contributed by atoms with Crippen LogP contribution in [0, 0.1) is 0 Å². The molecule has 104 valence electrons. The molecule has 3 N–H and O–H groups in total. The Morgan fingerprint density at radius 3 is 2.37 bits per heavy atom. The number of amides is 1. The van der Waals surface area contributed by atoms with Crippen LogP contribution in [0.25, 0.3) is 0 Å². The van der Waals surface area contributed by atoms with Crippen molar-refractivity contribution in [2.75, 3.05) is 32.0 Å². The Bertz CT molecular complexity index is 467. The highest BCUT2D eigenvalue weighted by Crippen LogP contribution is 2.32. The minimum Gasteiger partial charge on any atom is -0.397 e. The molecule has 1 heterocycles. The molecular formula is C12H14Br2N2O3. The summed E-state index contributed by atoms with van der Waals surface area (Å²) in [6.07, 6.45) is -1.19. The van der Waals surface area contributed by atoms with Crippen LogP contribution in [-0.2, 0) is 9.53 Å². The lowest BCUT2D eigenvalue weighted by atomic mass is 10.1. The Morgan fingerprint density at radius 2 is 1.84 bits per heavy atom. The van der Waals surface area contributed by atoms with Crippen molar-refractivity contribution in [1.82, 2.24) is 4.90 Å². The molecule has 1 aromatic carbocycles. The third-order valence-electron chi connectivity index (χ3n) is 2.97. The quantitative estimate of drug-likeness (QED) is 0.749.